The number of thioether (sulfide) groups is 1. The number of anilines is 1. The van der Waals surface area contributed by atoms with Crippen molar-refractivity contribution in [2.24, 2.45) is 10.2 Å². The van der Waals surface area contributed by atoms with Crippen molar-refractivity contribution in [1.82, 2.24) is 5.32 Å². The lowest BCUT2D eigenvalue weighted by atomic mass is 10.1. The van der Waals surface area contributed by atoms with Crippen LogP contribution < -0.4 is 24.8 Å². The van der Waals surface area contributed by atoms with Gasteiger partial charge in [-0.05, 0) is 49.2 Å². The monoisotopic (exact) mass is 470 g/mol. The fraction of sp³-hybridized carbons (Fsp3) is 0.304. The summed E-state index contributed by atoms with van der Waals surface area (Å²) < 4.78 is 16.0. The zero-order chi connectivity index (χ0) is 24.0. The fourth-order valence-electron chi connectivity index (χ4n) is 3.11. The van der Waals surface area contributed by atoms with Crippen molar-refractivity contribution in [2.75, 3.05) is 26.6 Å². The molecule has 1 atom stereocenters. The van der Waals surface area contributed by atoms with Gasteiger partial charge in [-0.3, -0.25) is 9.59 Å². The van der Waals surface area contributed by atoms with Crippen molar-refractivity contribution in [3.63, 3.8) is 0 Å². The third-order valence-electron chi connectivity index (χ3n) is 4.98. The average molecular weight is 471 g/mol. The molecular weight excluding hydrogens is 444 g/mol. The summed E-state index contributed by atoms with van der Waals surface area (Å²) in [5.41, 5.74) is 3.56. The zero-order valence-electron chi connectivity index (χ0n) is 19.1. The Labute approximate surface area is 196 Å². The SMILES string of the molecule is COc1cc(/C=N\N=C2\NC(=O)C[C@H](C(=O)Nc3ccc(C)c(C)c3)S2)cc(OC)c1OC. The normalized spacial score (nSPS) is 17.1. The standard InChI is InChI=1S/C23H26N4O5S/c1-13-6-7-16(8-14(13)2)25-22(29)19-11-20(28)26-23(33-19)27-24-12-15-9-17(30-3)21(32-5)18(10-15)31-4/h6-10,12,19H,11H2,1-5H3,(H,25,29)(H,26,27,28)/b24-12-/t19-/m1/s1. The highest BCUT2D eigenvalue weighted by molar-refractivity contribution is 8.15. The third kappa shape index (κ3) is 6.04. The molecule has 0 saturated carbocycles. The molecule has 0 aromatic heterocycles. The predicted octanol–water partition coefficient (Wildman–Crippen LogP) is 3.28. The summed E-state index contributed by atoms with van der Waals surface area (Å²) in [5, 5.41) is 13.3. The molecule has 1 saturated heterocycles. The van der Waals surface area contributed by atoms with Gasteiger partial charge in [-0.25, -0.2) is 0 Å². The van der Waals surface area contributed by atoms with Crippen molar-refractivity contribution < 1.29 is 23.8 Å². The molecule has 1 aliphatic rings. The number of carbonyl (C=O) groups excluding carboxylic acids is 2. The number of methoxy groups -OCH3 is 3. The molecule has 33 heavy (non-hydrogen) atoms. The Morgan fingerprint density at radius 3 is 2.39 bits per heavy atom. The van der Waals surface area contributed by atoms with Crippen LogP contribution in [0.25, 0.3) is 0 Å². The highest BCUT2D eigenvalue weighted by Gasteiger charge is 2.30. The number of aryl methyl sites for hydroxylation is 2. The van der Waals surface area contributed by atoms with E-state index in [-0.39, 0.29) is 23.4 Å². The van der Waals surface area contributed by atoms with Crippen molar-refractivity contribution in [3.05, 3.63) is 47.0 Å². The second-order valence-corrected chi connectivity index (χ2v) is 8.45. The molecule has 2 N–H and O–H groups in total. The molecule has 174 valence electrons. The van der Waals surface area contributed by atoms with Crippen LogP contribution in [0.5, 0.6) is 17.2 Å². The lowest BCUT2D eigenvalue weighted by Crippen LogP contribution is -2.41. The van der Waals surface area contributed by atoms with Crippen LogP contribution >= 0.6 is 11.8 Å². The Morgan fingerprint density at radius 2 is 1.79 bits per heavy atom. The van der Waals surface area contributed by atoms with E-state index in [1.807, 2.05) is 32.0 Å². The van der Waals surface area contributed by atoms with Crippen molar-refractivity contribution >= 4 is 40.6 Å². The van der Waals surface area contributed by atoms with E-state index in [4.69, 9.17) is 14.2 Å². The quantitative estimate of drug-likeness (QED) is 0.475. The van der Waals surface area contributed by atoms with Gasteiger partial charge >= 0.3 is 0 Å². The van der Waals surface area contributed by atoms with Gasteiger partial charge in [0.15, 0.2) is 16.7 Å². The Morgan fingerprint density at radius 1 is 1.09 bits per heavy atom. The number of benzene rings is 2. The van der Waals surface area contributed by atoms with Gasteiger partial charge < -0.3 is 24.8 Å². The summed E-state index contributed by atoms with van der Waals surface area (Å²) >= 11 is 1.15. The molecule has 0 bridgehead atoms. The van der Waals surface area contributed by atoms with Gasteiger partial charge in [0.05, 0.1) is 27.5 Å². The minimum atomic E-state index is -0.615. The van der Waals surface area contributed by atoms with E-state index >= 15 is 0 Å². The number of amidine groups is 1. The highest BCUT2D eigenvalue weighted by Crippen LogP contribution is 2.37. The zero-order valence-corrected chi connectivity index (χ0v) is 19.9. The maximum Gasteiger partial charge on any atom is 0.238 e. The number of nitrogens with zero attached hydrogens (tertiary/aromatic N) is 2. The lowest BCUT2D eigenvalue weighted by molar-refractivity contribution is -0.123. The van der Waals surface area contributed by atoms with E-state index in [9.17, 15) is 9.59 Å². The second kappa shape index (κ2) is 10.9. The van der Waals surface area contributed by atoms with Gasteiger partial charge in [0.25, 0.3) is 0 Å². The number of nitrogens with one attached hydrogen (secondary N) is 2. The minimum absolute atomic E-state index is 0.0525. The first-order valence-corrected chi connectivity index (χ1v) is 11.0. The molecule has 2 aromatic rings. The number of amides is 2. The Kier molecular flexibility index (Phi) is 7.94. The van der Waals surface area contributed by atoms with E-state index in [2.05, 4.69) is 20.8 Å². The maximum atomic E-state index is 12.7. The first-order valence-electron chi connectivity index (χ1n) is 10.1. The maximum absolute atomic E-state index is 12.7. The van der Waals surface area contributed by atoms with E-state index in [1.54, 1.807) is 12.1 Å². The summed E-state index contributed by atoms with van der Waals surface area (Å²) in [7, 11) is 4.57. The van der Waals surface area contributed by atoms with Gasteiger partial charge in [0.2, 0.25) is 17.6 Å². The van der Waals surface area contributed by atoms with Gasteiger partial charge in [-0.2, -0.15) is 5.10 Å². The smallest absolute Gasteiger partial charge is 0.238 e. The van der Waals surface area contributed by atoms with Crippen LogP contribution in [0.1, 0.15) is 23.1 Å². The highest BCUT2D eigenvalue weighted by atomic mass is 32.2. The first kappa shape index (κ1) is 24.1. The molecule has 0 radical (unpaired) electrons. The van der Waals surface area contributed by atoms with Crippen LogP contribution in [0.4, 0.5) is 5.69 Å². The van der Waals surface area contributed by atoms with E-state index in [1.165, 1.54) is 27.5 Å². The molecule has 1 heterocycles. The molecule has 2 aromatic carbocycles. The van der Waals surface area contributed by atoms with Gasteiger partial charge in [-0.15, -0.1) is 5.10 Å². The van der Waals surface area contributed by atoms with Gasteiger partial charge in [0, 0.05) is 17.7 Å². The van der Waals surface area contributed by atoms with Crippen molar-refractivity contribution in [1.29, 1.82) is 0 Å². The molecule has 0 aliphatic carbocycles. The first-order chi connectivity index (χ1) is 15.8. The molecule has 2 amide bonds. The number of hydrogen-bond acceptors (Lipinski definition) is 8. The van der Waals surface area contributed by atoms with E-state index in [0.717, 1.165) is 22.9 Å². The van der Waals surface area contributed by atoms with Crippen molar-refractivity contribution in [3.8, 4) is 17.2 Å². The molecule has 1 fully saturated rings. The number of ether oxygens (including phenoxy) is 3. The topological polar surface area (TPSA) is 111 Å². The molecule has 10 heteroatoms. The summed E-state index contributed by atoms with van der Waals surface area (Å²) in [5.74, 6) is 0.870. The van der Waals surface area contributed by atoms with Crippen LogP contribution in [0.3, 0.4) is 0 Å². The predicted molar refractivity (Wildman–Crippen MR) is 130 cm³/mol. The summed E-state index contributed by atoms with van der Waals surface area (Å²) in [6.45, 7) is 3.98. The van der Waals surface area contributed by atoms with Crippen LogP contribution in [0, 0.1) is 13.8 Å². The molecule has 1 aliphatic heterocycles. The van der Waals surface area contributed by atoms with Crippen LogP contribution in [-0.4, -0.2) is 49.8 Å². The number of rotatable bonds is 7. The minimum Gasteiger partial charge on any atom is -0.493 e. The average Bonchev–Trinajstić information content (AvgIpc) is 2.80. The summed E-state index contributed by atoms with van der Waals surface area (Å²) in [6, 6.07) is 9.12. The fourth-order valence-corrected chi connectivity index (χ4v) is 4.04. The van der Waals surface area contributed by atoms with E-state index in [0.29, 0.717) is 28.5 Å². The number of hydrogen-bond donors (Lipinski definition) is 2. The molecule has 0 unspecified atom stereocenters. The van der Waals surface area contributed by atoms with Gasteiger partial charge in [0.1, 0.15) is 5.25 Å². The lowest BCUT2D eigenvalue weighted by Gasteiger charge is -2.21. The third-order valence-corrected chi connectivity index (χ3v) is 6.05. The Balaban J connectivity index is 1.72. The van der Waals surface area contributed by atoms with Gasteiger partial charge in [-0.1, -0.05) is 17.8 Å². The Hall–Kier alpha value is -3.53. The van der Waals surface area contributed by atoms with Crippen LogP contribution in [0.15, 0.2) is 40.5 Å². The summed E-state index contributed by atoms with van der Waals surface area (Å²) in [4.78, 5) is 24.8. The second-order valence-electron chi connectivity index (χ2n) is 7.26. The largest absolute Gasteiger partial charge is 0.493 e. The molecule has 9 nitrogen and oxygen atoms in total. The van der Waals surface area contributed by atoms with Crippen molar-refractivity contribution in [2.45, 2.75) is 25.5 Å². The van der Waals surface area contributed by atoms with Crippen LogP contribution in [-0.2, 0) is 9.59 Å². The summed E-state index contributed by atoms with van der Waals surface area (Å²) in [6.07, 6.45) is 1.54. The molecule has 3 rings (SSSR count). The number of carbonyl (C=O) groups is 2. The van der Waals surface area contributed by atoms with Crippen LogP contribution in [0.2, 0.25) is 0 Å². The molecule has 0 spiro atoms. The molecular formula is C23H26N4O5S. The Bertz CT molecular complexity index is 1090. The van der Waals surface area contributed by atoms with E-state index < -0.39 is 5.25 Å².